The van der Waals surface area contributed by atoms with Crippen LogP contribution in [0, 0.1) is 5.82 Å². The standard InChI is InChI=1S/C43H35BFN3/c1-42-24-13-25-43(42,2)48(36-23-22-29(45)26-33(36)42)32-27-39-41-40(28-32)47(31-16-7-4-8-17-31)38-21-12-10-19-35(38)44(41)34-18-9-11-20-37(34)46(39)30-14-5-3-6-15-30/h3-12,14-23,26-28H,13,24-25H2,1-2H3. The van der Waals surface area contributed by atoms with Crippen LogP contribution in [0.2, 0.25) is 0 Å². The normalized spacial score (nSPS) is 21.4. The monoisotopic (exact) mass is 623 g/mol. The van der Waals surface area contributed by atoms with Crippen LogP contribution < -0.4 is 31.1 Å². The molecule has 6 aromatic carbocycles. The van der Waals surface area contributed by atoms with Gasteiger partial charge in [0.05, 0.1) is 5.54 Å². The van der Waals surface area contributed by atoms with E-state index < -0.39 is 0 Å². The molecule has 6 aromatic rings. The zero-order valence-corrected chi connectivity index (χ0v) is 27.2. The van der Waals surface area contributed by atoms with Crippen molar-refractivity contribution in [3.8, 4) is 0 Å². The maximum Gasteiger partial charge on any atom is 0.252 e. The number of hydrogen-bond donors (Lipinski definition) is 0. The molecule has 232 valence electrons. The fraction of sp³-hybridized carbons (Fsp3) is 0.163. The minimum absolute atomic E-state index is 0.0728. The molecular weight excluding hydrogens is 588 g/mol. The Balaban J connectivity index is 1.33. The highest BCUT2D eigenvalue weighted by Gasteiger charge is 2.60. The molecule has 4 aliphatic rings. The molecule has 0 N–H and O–H groups in total. The molecule has 1 fully saturated rings. The molecule has 0 spiro atoms. The second kappa shape index (κ2) is 9.87. The highest BCUT2D eigenvalue weighted by atomic mass is 19.1. The highest BCUT2D eigenvalue weighted by molar-refractivity contribution is 7.00. The molecule has 0 bridgehead atoms. The summed E-state index contributed by atoms with van der Waals surface area (Å²) in [7, 11) is 0. The summed E-state index contributed by atoms with van der Waals surface area (Å²) in [6.45, 7) is 4.83. The van der Waals surface area contributed by atoms with Crippen LogP contribution in [0.1, 0.15) is 38.7 Å². The molecule has 48 heavy (non-hydrogen) atoms. The van der Waals surface area contributed by atoms with Crippen molar-refractivity contribution >= 4 is 68.6 Å². The van der Waals surface area contributed by atoms with Crippen LogP contribution in [-0.4, -0.2) is 12.3 Å². The van der Waals surface area contributed by atoms with Crippen molar-refractivity contribution in [1.82, 2.24) is 0 Å². The van der Waals surface area contributed by atoms with E-state index in [-0.39, 0.29) is 23.5 Å². The molecule has 1 aliphatic carbocycles. The van der Waals surface area contributed by atoms with Gasteiger partial charge in [0.25, 0.3) is 6.71 Å². The Morgan fingerprint density at radius 1 is 0.542 bits per heavy atom. The van der Waals surface area contributed by atoms with E-state index in [0.29, 0.717) is 0 Å². The topological polar surface area (TPSA) is 9.72 Å². The number of halogens is 1. The first-order chi connectivity index (χ1) is 23.5. The fourth-order valence-electron chi connectivity index (χ4n) is 9.67. The van der Waals surface area contributed by atoms with Crippen LogP contribution in [0.4, 0.5) is 49.9 Å². The fourth-order valence-corrected chi connectivity index (χ4v) is 9.67. The Labute approximate surface area is 282 Å². The molecule has 5 heteroatoms. The molecule has 3 aliphatic heterocycles. The molecular formula is C43H35BFN3. The molecule has 3 nitrogen and oxygen atoms in total. The van der Waals surface area contributed by atoms with Crippen LogP contribution in [0.15, 0.2) is 140 Å². The number of para-hydroxylation sites is 4. The van der Waals surface area contributed by atoms with Gasteiger partial charge in [0, 0.05) is 50.9 Å². The molecule has 2 atom stereocenters. The van der Waals surface area contributed by atoms with Crippen LogP contribution in [0.3, 0.4) is 0 Å². The van der Waals surface area contributed by atoms with Crippen molar-refractivity contribution in [2.24, 2.45) is 0 Å². The van der Waals surface area contributed by atoms with Gasteiger partial charge in [-0.15, -0.1) is 0 Å². The largest absolute Gasteiger partial charge is 0.334 e. The number of anilines is 8. The van der Waals surface area contributed by atoms with Crippen LogP contribution in [0.25, 0.3) is 0 Å². The summed E-state index contributed by atoms with van der Waals surface area (Å²) in [5.41, 5.74) is 14.0. The van der Waals surface area contributed by atoms with Gasteiger partial charge in [-0.05, 0) is 108 Å². The van der Waals surface area contributed by atoms with E-state index >= 15 is 0 Å². The summed E-state index contributed by atoms with van der Waals surface area (Å²) in [4.78, 5) is 7.49. The third-order valence-corrected chi connectivity index (χ3v) is 12.0. The average molecular weight is 624 g/mol. The molecule has 0 radical (unpaired) electrons. The Bertz CT molecular complexity index is 2140. The van der Waals surface area contributed by atoms with Gasteiger partial charge in [-0.2, -0.15) is 0 Å². The van der Waals surface area contributed by atoms with Gasteiger partial charge < -0.3 is 14.7 Å². The van der Waals surface area contributed by atoms with E-state index in [0.717, 1.165) is 47.6 Å². The van der Waals surface area contributed by atoms with Crippen molar-refractivity contribution < 1.29 is 4.39 Å². The van der Waals surface area contributed by atoms with Gasteiger partial charge in [0.2, 0.25) is 0 Å². The Morgan fingerprint density at radius 2 is 1.08 bits per heavy atom. The summed E-state index contributed by atoms with van der Waals surface area (Å²) in [5, 5.41) is 0. The lowest BCUT2D eigenvalue weighted by atomic mass is 9.33. The molecule has 0 amide bonds. The van der Waals surface area contributed by atoms with E-state index in [2.05, 4.69) is 150 Å². The maximum absolute atomic E-state index is 15.0. The SMILES string of the molecule is CC12CCCC1(C)N(c1cc3c4c(c1)N(c1ccccc1)c1ccccc1B4c1ccccc1N3c1ccccc1)c1ccc(F)cc12. The van der Waals surface area contributed by atoms with E-state index in [1.54, 1.807) is 12.1 Å². The number of nitrogens with zero attached hydrogens (tertiary/aromatic N) is 3. The van der Waals surface area contributed by atoms with E-state index in [9.17, 15) is 4.39 Å². The van der Waals surface area contributed by atoms with Crippen LogP contribution in [-0.2, 0) is 5.41 Å². The lowest BCUT2D eigenvalue weighted by Crippen LogP contribution is -2.61. The first kappa shape index (κ1) is 27.8. The van der Waals surface area contributed by atoms with Gasteiger partial charge in [0.15, 0.2) is 0 Å². The highest BCUT2D eigenvalue weighted by Crippen LogP contribution is 2.63. The predicted octanol–water partition coefficient (Wildman–Crippen LogP) is 9.26. The first-order valence-corrected chi connectivity index (χ1v) is 17.1. The molecule has 2 unspecified atom stereocenters. The van der Waals surface area contributed by atoms with Crippen LogP contribution in [0.5, 0.6) is 0 Å². The number of fused-ring (bicyclic) bond motifs is 7. The summed E-state index contributed by atoms with van der Waals surface area (Å²) < 4.78 is 15.0. The summed E-state index contributed by atoms with van der Waals surface area (Å²) in [5.74, 6) is -0.159. The van der Waals surface area contributed by atoms with Gasteiger partial charge >= 0.3 is 0 Å². The smallest absolute Gasteiger partial charge is 0.252 e. The molecule has 3 heterocycles. The molecule has 1 saturated carbocycles. The zero-order valence-electron chi connectivity index (χ0n) is 27.2. The van der Waals surface area contributed by atoms with Crippen molar-refractivity contribution in [2.45, 2.75) is 44.1 Å². The van der Waals surface area contributed by atoms with E-state index in [4.69, 9.17) is 0 Å². The van der Waals surface area contributed by atoms with Crippen LogP contribution >= 0.6 is 0 Å². The third kappa shape index (κ3) is 3.54. The Kier molecular flexibility index (Phi) is 5.71. The summed E-state index contributed by atoms with van der Waals surface area (Å²) in [6.07, 6.45) is 3.21. The lowest BCUT2D eigenvalue weighted by Gasteiger charge is -2.46. The van der Waals surface area contributed by atoms with Crippen molar-refractivity contribution in [1.29, 1.82) is 0 Å². The second-order valence-corrected chi connectivity index (χ2v) is 14.2. The average Bonchev–Trinajstić information content (AvgIpc) is 3.52. The minimum atomic E-state index is -0.197. The summed E-state index contributed by atoms with van der Waals surface area (Å²) in [6, 6.07) is 49.7. The number of rotatable bonds is 3. The maximum atomic E-state index is 15.0. The quantitative estimate of drug-likeness (QED) is 0.182. The molecule has 10 rings (SSSR count). The molecule has 0 aromatic heterocycles. The lowest BCUT2D eigenvalue weighted by molar-refractivity contribution is 0.330. The predicted molar refractivity (Wildman–Crippen MR) is 199 cm³/mol. The van der Waals surface area contributed by atoms with Gasteiger partial charge in [-0.25, -0.2) is 4.39 Å². The van der Waals surface area contributed by atoms with Gasteiger partial charge in [0.1, 0.15) is 5.82 Å². The zero-order chi connectivity index (χ0) is 32.2. The van der Waals surface area contributed by atoms with Crippen molar-refractivity contribution in [2.75, 3.05) is 14.7 Å². The molecule has 0 saturated heterocycles. The number of benzene rings is 6. The van der Waals surface area contributed by atoms with Gasteiger partial charge in [-0.3, -0.25) is 0 Å². The van der Waals surface area contributed by atoms with E-state index in [1.807, 2.05) is 6.07 Å². The first-order valence-electron chi connectivity index (χ1n) is 17.1. The van der Waals surface area contributed by atoms with Crippen molar-refractivity contribution in [3.05, 3.63) is 151 Å². The van der Waals surface area contributed by atoms with Gasteiger partial charge in [-0.1, -0.05) is 86.1 Å². The second-order valence-electron chi connectivity index (χ2n) is 14.2. The third-order valence-electron chi connectivity index (χ3n) is 12.0. The Hall–Kier alpha value is -5.29. The van der Waals surface area contributed by atoms with Crippen molar-refractivity contribution in [3.63, 3.8) is 0 Å². The minimum Gasteiger partial charge on any atom is -0.334 e. The van der Waals surface area contributed by atoms with E-state index in [1.165, 1.54) is 39.1 Å². The summed E-state index contributed by atoms with van der Waals surface area (Å²) >= 11 is 0. The number of hydrogen-bond acceptors (Lipinski definition) is 3. The Morgan fingerprint density at radius 3 is 1.67 bits per heavy atom.